The van der Waals surface area contributed by atoms with Gasteiger partial charge in [0.2, 0.25) is 5.91 Å². The number of hydrogen-bond acceptors (Lipinski definition) is 5. The predicted octanol–water partition coefficient (Wildman–Crippen LogP) is 5.62. The lowest BCUT2D eigenvalue weighted by Gasteiger charge is -2.23. The van der Waals surface area contributed by atoms with Crippen LogP contribution in [0.25, 0.3) is 0 Å². The number of aryl methyl sites for hydroxylation is 2. The van der Waals surface area contributed by atoms with E-state index in [9.17, 15) is 14.0 Å². The molecule has 182 valence electrons. The Kier molecular flexibility index (Phi) is 6.69. The fourth-order valence-corrected chi connectivity index (χ4v) is 5.28. The van der Waals surface area contributed by atoms with Crippen LogP contribution >= 0.6 is 11.8 Å². The van der Waals surface area contributed by atoms with Crippen molar-refractivity contribution in [3.8, 4) is 0 Å². The molecule has 2 aliphatic rings. The molecule has 0 saturated heterocycles. The number of carbonyl (C=O) groups excluding carboxylic acids is 2. The van der Waals surface area contributed by atoms with Gasteiger partial charge in [-0.15, -0.1) is 0 Å². The number of nitrogens with zero attached hydrogens (tertiary/aromatic N) is 3. The summed E-state index contributed by atoms with van der Waals surface area (Å²) in [6.45, 7) is 3.98. The molecule has 0 aliphatic carbocycles. The highest BCUT2D eigenvalue weighted by Gasteiger charge is 2.39. The molecule has 3 aromatic carbocycles. The van der Waals surface area contributed by atoms with Crippen molar-refractivity contribution >= 4 is 40.1 Å². The Hall–Kier alpha value is -3.78. The van der Waals surface area contributed by atoms with E-state index >= 15 is 0 Å². The topological polar surface area (TPSA) is 74.1 Å². The second kappa shape index (κ2) is 10.1. The van der Waals surface area contributed by atoms with Crippen LogP contribution in [0.15, 0.2) is 82.9 Å². The summed E-state index contributed by atoms with van der Waals surface area (Å²) < 4.78 is 14.8. The van der Waals surface area contributed by atoms with Gasteiger partial charge < -0.3 is 5.32 Å². The maximum atomic E-state index is 14.8. The summed E-state index contributed by atoms with van der Waals surface area (Å²) in [6.07, 6.45) is 0.452. The average molecular weight is 501 g/mol. The molecule has 0 spiro atoms. The van der Waals surface area contributed by atoms with Gasteiger partial charge >= 0.3 is 0 Å². The van der Waals surface area contributed by atoms with Crippen molar-refractivity contribution in [1.29, 1.82) is 0 Å². The Morgan fingerprint density at radius 1 is 1.03 bits per heavy atom. The number of amides is 2. The Balaban J connectivity index is 1.36. The number of nitrogens with one attached hydrogen (secondary N) is 1. The minimum Gasteiger partial charge on any atom is -0.326 e. The molecule has 0 radical (unpaired) electrons. The molecule has 2 aliphatic heterocycles. The number of amidine groups is 1. The van der Waals surface area contributed by atoms with Gasteiger partial charge in [0, 0.05) is 24.1 Å². The summed E-state index contributed by atoms with van der Waals surface area (Å²) in [5, 5.41) is 8.95. The van der Waals surface area contributed by atoms with Crippen LogP contribution in [0, 0.1) is 19.7 Å². The molecule has 36 heavy (non-hydrogen) atoms. The second-order valence-corrected chi connectivity index (χ2v) is 10.1. The predicted molar refractivity (Wildman–Crippen MR) is 142 cm³/mol. The van der Waals surface area contributed by atoms with Gasteiger partial charge in [0.1, 0.15) is 11.1 Å². The van der Waals surface area contributed by atoms with Crippen LogP contribution in [0.1, 0.15) is 41.1 Å². The van der Waals surface area contributed by atoms with Crippen LogP contribution in [-0.4, -0.2) is 33.0 Å². The van der Waals surface area contributed by atoms with E-state index in [0.717, 1.165) is 22.4 Å². The maximum absolute atomic E-state index is 14.8. The number of anilines is 1. The summed E-state index contributed by atoms with van der Waals surface area (Å²) in [6, 6.07) is 21.6. The molecule has 2 amide bonds. The minimum absolute atomic E-state index is 0.0168. The molecular weight excluding hydrogens is 475 g/mol. The molecule has 0 unspecified atom stereocenters. The maximum Gasteiger partial charge on any atom is 0.262 e. The highest BCUT2D eigenvalue weighted by Crippen LogP contribution is 2.39. The molecule has 8 heteroatoms. The normalized spacial score (nSPS) is 19.3. The number of thioether (sulfide) groups is 1. The van der Waals surface area contributed by atoms with Gasteiger partial charge in [0.25, 0.3) is 5.91 Å². The number of hydrogen-bond donors (Lipinski definition) is 1. The van der Waals surface area contributed by atoms with E-state index in [1.165, 1.54) is 17.8 Å². The highest BCUT2D eigenvalue weighted by molar-refractivity contribution is 8.15. The first-order valence-corrected chi connectivity index (χ1v) is 12.6. The van der Waals surface area contributed by atoms with Crippen LogP contribution in [0.3, 0.4) is 0 Å². The minimum atomic E-state index is -0.662. The van der Waals surface area contributed by atoms with Crippen molar-refractivity contribution in [3.05, 3.63) is 101 Å². The van der Waals surface area contributed by atoms with Gasteiger partial charge in [-0.1, -0.05) is 77.5 Å². The van der Waals surface area contributed by atoms with E-state index in [2.05, 4.69) is 10.3 Å². The first-order chi connectivity index (χ1) is 17.4. The molecule has 5 rings (SSSR count). The molecule has 0 saturated carbocycles. The summed E-state index contributed by atoms with van der Waals surface area (Å²) in [7, 11) is 0. The number of hydrazone groups is 1. The Labute approximate surface area is 213 Å². The Bertz CT molecular complexity index is 1370. The van der Waals surface area contributed by atoms with Crippen LogP contribution in [0.2, 0.25) is 0 Å². The van der Waals surface area contributed by atoms with Crippen molar-refractivity contribution in [2.75, 3.05) is 5.32 Å². The summed E-state index contributed by atoms with van der Waals surface area (Å²) >= 11 is 1.20. The van der Waals surface area contributed by atoms with Crippen LogP contribution in [0.4, 0.5) is 10.1 Å². The molecule has 1 N–H and O–H groups in total. The quantitative estimate of drug-likeness (QED) is 0.493. The van der Waals surface area contributed by atoms with E-state index in [1.54, 1.807) is 23.2 Å². The van der Waals surface area contributed by atoms with E-state index in [-0.39, 0.29) is 24.1 Å². The monoisotopic (exact) mass is 500 g/mol. The lowest BCUT2D eigenvalue weighted by Crippen LogP contribution is -2.25. The molecule has 2 atom stereocenters. The van der Waals surface area contributed by atoms with Gasteiger partial charge in [0.15, 0.2) is 5.17 Å². The molecule has 0 bridgehead atoms. The van der Waals surface area contributed by atoms with Crippen molar-refractivity contribution in [1.82, 2.24) is 5.01 Å². The summed E-state index contributed by atoms with van der Waals surface area (Å²) in [5.74, 6) is -0.991. The highest BCUT2D eigenvalue weighted by atomic mass is 32.2. The third-order valence-corrected chi connectivity index (χ3v) is 7.33. The van der Waals surface area contributed by atoms with Gasteiger partial charge in [0.05, 0.1) is 11.8 Å². The number of rotatable bonds is 5. The van der Waals surface area contributed by atoms with Crippen molar-refractivity contribution < 1.29 is 14.0 Å². The second-order valence-electron chi connectivity index (χ2n) is 8.96. The zero-order chi connectivity index (χ0) is 25.2. The fraction of sp³-hybridized carbons (Fsp3) is 0.214. The molecule has 2 heterocycles. The molecule has 0 fully saturated rings. The largest absolute Gasteiger partial charge is 0.326 e. The first-order valence-electron chi connectivity index (χ1n) is 11.7. The van der Waals surface area contributed by atoms with Crippen molar-refractivity contribution in [3.63, 3.8) is 0 Å². The third kappa shape index (κ3) is 5.09. The van der Waals surface area contributed by atoms with E-state index < -0.39 is 11.3 Å². The van der Waals surface area contributed by atoms with Crippen molar-refractivity contribution in [2.45, 2.75) is 38.0 Å². The van der Waals surface area contributed by atoms with Gasteiger partial charge in [-0.25, -0.2) is 9.40 Å². The average Bonchev–Trinajstić information content (AvgIpc) is 3.45. The van der Waals surface area contributed by atoms with Crippen molar-refractivity contribution in [2.24, 2.45) is 10.1 Å². The van der Waals surface area contributed by atoms with E-state index in [1.807, 2.05) is 62.4 Å². The van der Waals surface area contributed by atoms with Crippen LogP contribution < -0.4 is 5.32 Å². The molecular formula is C28H25FN4O2S. The number of carbonyl (C=O) groups is 2. The zero-order valence-corrected chi connectivity index (χ0v) is 20.8. The Morgan fingerprint density at radius 2 is 1.69 bits per heavy atom. The number of aliphatic imine (C=N–C) groups is 1. The smallest absolute Gasteiger partial charge is 0.262 e. The van der Waals surface area contributed by atoms with Crippen LogP contribution in [-0.2, 0) is 9.59 Å². The van der Waals surface area contributed by atoms with Gasteiger partial charge in [-0.2, -0.15) is 10.1 Å². The van der Waals surface area contributed by atoms with Gasteiger partial charge in [-0.3, -0.25) is 9.59 Å². The van der Waals surface area contributed by atoms with E-state index in [0.29, 0.717) is 22.8 Å². The first kappa shape index (κ1) is 23.9. The van der Waals surface area contributed by atoms with E-state index in [4.69, 9.17) is 5.10 Å². The lowest BCUT2D eigenvalue weighted by atomic mass is 9.98. The summed E-state index contributed by atoms with van der Waals surface area (Å²) in [5.41, 5.74) is 5.11. The standard InChI is InChI=1S/C28H25FN4O2S/c1-17-7-11-19(12-8-17)23-15-24(21-5-3-4-6-22(21)29)33(32-23)28-31-27(35)25(36-28)16-26(34)30-20-13-9-18(2)10-14-20/h3-14,24-25H,15-16H2,1-2H3,(H,30,34)/t24-,25-/m0/s1. The zero-order valence-electron chi connectivity index (χ0n) is 19.9. The SMILES string of the molecule is Cc1ccc(NC(=O)C[C@@H]2SC(N3N=C(c4ccc(C)cc4)C[C@H]3c3ccccc3F)=NC2=O)cc1. The number of halogens is 1. The van der Waals surface area contributed by atoms with Gasteiger partial charge in [-0.05, 0) is 37.6 Å². The lowest BCUT2D eigenvalue weighted by molar-refractivity contribution is -0.121. The molecule has 6 nitrogen and oxygen atoms in total. The third-order valence-electron chi connectivity index (χ3n) is 6.19. The molecule has 0 aromatic heterocycles. The van der Waals surface area contributed by atoms with Crippen LogP contribution in [0.5, 0.6) is 0 Å². The molecule has 3 aromatic rings. The summed E-state index contributed by atoms with van der Waals surface area (Å²) in [4.78, 5) is 29.6. The number of benzene rings is 3. The fourth-order valence-electron chi connectivity index (χ4n) is 4.22. The Morgan fingerprint density at radius 3 is 2.39 bits per heavy atom.